The maximum Gasteiger partial charge on any atom is 0.238 e. The fraction of sp³-hybridized carbons (Fsp3) is 0.0833. The molecular weight excluding hydrogens is 306 g/mol. The molecule has 0 saturated carbocycles. The second-order valence-electron chi connectivity index (χ2n) is 4.48. The molecule has 0 atom stereocenters. The number of tetrazole rings is 1. The number of hydrogen-bond acceptors (Lipinski definition) is 7. The topological polar surface area (TPSA) is 140 Å². The van der Waals surface area contributed by atoms with E-state index in [0.717, 1.165) is 0 Å². The average Bonchev–Trinajstić information content (AvgIpc) is 3.00. The lowest BCUT2D eigenvalue weighted by molar-refractivity contribution is 0.598. The molecule has 9 nitrogen and oxygen atoms in total. The summed E-state index contributed by atoms with van der Waals surface area (Å²) in [4.78, 5) is 8.14. The number of hydrogen-bond donors (Lipinski definition) is 2. The highest BCUT2D eigenvalue weighted by molar-refractivity contribution is 7.89. The van der Waals surface area contributed by atoms with Gasteiger partial charge < -0.3 is 0 Å². The molecule has 10 heteroatoms. The van der Waals surface area contributed by atoms with Gasteiger partial charge >= 0.3 is 0 Å². The molecule has 3 N–H and O–H groups in total. The molecule has 0 bridgehead atoms. The summed E-state index contributed by atoms with van der Waals surface area (Å²) in [5, 5.41) is 18.8. The van der Waals surface area contributed by atoms with Gasteiger partial charge in [0.15, 0.2) is 0 Å². The van der Waals surface area contributed by atoms with E-state index >= 15 is 0 Å². The normalized spacial score (nSPS) is 11.5. The minimum absolute atomic E-state index is 0.0908. The molecule has 0 amide bonds. The highest BCUT2D eigenvalue weighted by Gasteiger charge is 2.22. The van der Waals surface area contributed by atoms with E-state index in [1.807, 2.05) is 0 Å². The van der Waals surface area contributed by atoms with Crippen LogP contribution in [-0.2, 0) is 10.0 Å². The lowest BCUT2D eigenvalue weighted by Gasteiger charge is -2.10. The molecule has 0 saturated heterocycles. The third-order valence-corrected chi connectivity index (χ3v) is 3.95. The number of sulfonamides is 1. The first-order valence-corrected chi connectivity index (χ1v) is 7.70. The Hall–Kier alpha value is -2.72. The van der Waals surface area contributed by atoms with Crippen LogP contribution in [0, 0.1) is 6.92 Å². The van der Waals surface area contributed by atoms with Crippen molar-refractivity contribution in [1.82, 2.24) is 30.6 Å². The Morgan fingerprint density at radius 1 is 1.18 bits per heavy atom. The van der Waals surface area contributed by atoms with Gasteiger partial charge in [-0.3, -0.25) is 0 Å². The number of benzene rings is 1. The molecule has 112 valence electrons. The number of rotatable bonds is 3. The zero-order valence-electron chi connectivity index (χ0n) is 11.4. The monoisotopic (exact) mass is 317 g/mol. The molecule has 0 aliphatic carbocycles. The zero-order valence-corrected chi connectivity index (χ0v) is 12.2. The molecule has 1 aromatic carbocycles. The Labute approximate surface area is 125 Å². The van der Waals surface area contributed by atoms with Crippen molar-refractivity contribution in [3.63, 3.8) is 0 Å². The molecule has 0 aliphatic heterocycles. The molecule has 2 aromatic heterocycles. The van der Waals surface area contributed by atoms with Crippen LogP contribution in [0.2, 0.25) is 0 Å². The predicted octanol–water partition coefficient (Wildman–Crippen LogP) is 0.280. The number of nitrogens with one attached hydrogen (secondary N) is 1. The average molecular weight is 317 g/mol. The number of aromatic nitrogens is 6. The Kier molecular flexibility index (Phi) is 3.39. The highest BCUT2D eigenvalue weighted by atomic mass is 32.2. The SMILES string of the molecule is Cc1ncc(-c2cccc(S(N)(=O)=O)c2-c2nn[nH]n2)cn1. The van der Waals surface area contributed by atoms with E-state index in [1.54, 1.807) is 31.5 Å². The molecule has 3 rings (SSSR count). The van der Waals surface area contributed by atoms with E-state index in [0.29, 0.717) is 17.0 Å². The van der Waals surface area contributed by atoms with Gasteiger partial charge in [-0.2, -0.15) is 5.21 Å². The van der Waals surface area contributed by atoms with Gasteiger partial charge in [-0.05, 0) is 23.8 Å². The molecule has 22 heavy (non-hydrogen) atoms. The van der Waals surface area contributed by atoms with Gasteiger partial charge in [0.2, 0.25) is 15.8 Å². The van der Waals surface area contributed by atoms with Crippen molar-refractivity contribution in [2.75, 3.05) is 0 Å². The Balaban J connectivity index is 2.34. The Morgan fingerprint density at radius 2 is 1.91 bits per heavy atom. The Bertz CT molecular complexity index is 905. The fourth-order valence-corrected chi connectivity index (χ4v) is 2.79. The van der Waals surface area contributed by atoms with Gasteiger partial charge in [-0.15, -0.1) is 10.2 Å². The standard InChI is InChI=1S/C12H11N7O2S/c1-7-14-5-8(6-15-7)9-3-2-4-10(22(13,20)21)11(9)12-16-18-19-17-12/h2-6H,1H3,(H2,13,20,21)(H,16,17,18,19). The summed E-state index contributed by atoms with van der Waals surface area (Å²) in [5.74, 6) is 0.729. The predicted molar refractivity (Wildman–Crippen MR) is 76.7 cm³/mol. The molecule has 0 spiro atoms. The van der Waals surface area contributed by atoms with Gasteiger partial charge in [0.1, 0.15) is 5.82 Å². The number of aryl methyl sites for hydroxylation is 1. The summed E-state index contributed by atoms with van der Waals surface area (Å²) in [6.07, 6.45) is 3.18. The molecular formula is C12H11N7O2S. The van der Waals surface area contributed by atoms with Crippen LogP contribution >= 0.6 is 0 Å². The van der Waals surface area contributed by atoms with Crippen LogP contribution in [0.1, 0.15) is 5.82 Å². The van der Waals surface area contributed by atoms with Crippen LogP contribution in [0.4, 0.5) is 0 Å². The van der Waals surface area contributed by atoms with Crippen LogP contribution < -0.4 is 5.14 Å². The number of nitrogens with zero attached hydrogens (tertiary/aromatic N) is 5. The van der Waals surface area contributed by atoms with Gasteiger partial charge in [0.05, 0.1) is 10.5 Å². The summed E-state index contributed by atoms with van der Waals surface area (Å²) < 4.78 is 23.7. The summed E-state index contributed by atoms with van der Waals surface area (Å²) in [5.41, 5.74) is 1.43. The van der Waals surface area contributed by atoms with E-state index in [2.05, 4.69) is 30.6 Å². The minimum atomic E-state index is -3.96. The minimum Gasteiger partial charge on any atom is -0.241 e. The molecule has 0 fully saturated rings. The van der Waals surface area contributed by atoms with Crippen molar-refractivity contribution >= 4 is 10.0 Å². The second kappa shape index (κ2) is 5.24. The van der Waals surface area contributed by atoms with Crippen molar-refractivity contribution in [1.29, 1.82) is 0 Å². The van der Waals surface area contributed by atoms with E-state index in [-0.39, 0.29) is 16.3 Å². The summed E-state index contributed by atoms with van der Waals surface area (Å²) in [7, 11) is -3.96. The first-order valence-electron chi connectivity index (χ1n) is 6.15. The van der Waals surface area contributed by atoms with Crippen LogP contribution in [0.15, 0.2) is 35.5 Å². The maximum absolute atomic E-state index is 11.8. The van der Waals surface area contributed by atoms with Crippen LogP contribution in [0.25, 0.3) is 22.5 Å². The third-order valence-electron chi connectivity index (χ3n) is 2.99. The maximum atomic E-state index is 11.8. The number of aromatic amines is 1. The first kappa shape index (κ1) is 14.2. The van der Waals surface area contributed by atoms with Crippen molar-refractivity contribution in [2.45, 2.75) is 11.8 Å². The quantitative estimate of drug-likeness (QED) is 0.706. The highest BCUT2D eigenvalue weighted by Crippen LogP contribution is 2.34. The van der Waals surface area contributed by atoms with Gasteiger partial charge in [0, 0.05) is 18.0 Å². The third kappa shape index (κ3) is 2.56. The van der Waals surface area contributed by atoms with Crippen molar-refractivity contribution in [2.24, 2.45) is 5.14 Å². The van der Waals surface area contributed by atoms with E-state index in [4.69, 9.17) is 5.14 Å². The van der Waals surface area contributed by atoms with E-state index in [1.165, 1.54) is 6.07 Å². The first-order chi connectivity index (χ1) is 10.5. The van der Waals surface area contributed by atoms with Crippen molar-refractivity contribution in [3.8, 4) is 22.5 Å². The number of primary sulfonamides is 1. The van der Waals surface area contributed by atoms with Crippen molar-refractivity contribution < 1.29 is 8.42 Å². The Morgan fingerprint density at radius 3 is 2.50 bits per heavy atom. The largest absolute Gasteiger partial charge is 0.241 e. The summed E-state index contributed by atoms with van der Waals surface area (Å²) in [6.45, 7) is 1.75. The lowest BCUT2D eigenvalue weighted by atomic mass is 10.0. The lowest BCUT2D eigenvalue weighted by Crippen LogP contribution is -2.14. The van der Waals surface area contributed by atoms with Gasteiger partial charge in [-0.25, -0.2) is 23.5 Å². The number of H-pyrrole nitrogens is 1. The summed E-state index contributed by atoms with van der Waals surface area (Å²) in [6, 6.07) is 4.69. The molecule has 2 heterocycles. The van der Waals surface area contributed by atoms with E-state index in [9.17, 15) is 8.42 Å². The van der Waals surface area contributed by atoms with Gasteiger partial charge in [-0.1, -0.05) is 12.1 Å². The van der Waals surface area contributed by atoms with Crippen LogP contribution in [0.5, 0.6) is 0 Å². The fourth-order valence-electron chi connectivity index (χ4n) is 2.04. The van der Waals surface area contributed by atoms with Crippen LogP contribution in [-0.4, -0.2) is 39.0 Å². The van der Waals surface area contributed by atoms with E-state index < -0.39 is 10.0 Å². The smallest absolute Gasteiger partial charge is 0.238 e. The molecule has 0 unspecified atom stereocenters. The van der Waals surface area contributed by atoms with Crippen molar-refractivity contribution in [3.05, 3.63) is 36.4 Å². The summed E-state index contributed by atoms with van der Waals surface area (Å²) >= 11 is 0. The van der Waals surface area contributed by atoms with Gasteiger partial charge in [0.25, 0.3) is 0 Å². The second-order valence-corrected chi connectivity index (χ2v) is 6.01. The number of nitrogens with two attached hydrogens (primary N) is 1. The molecule has 0 radical (unpaired) electrons. The van der Waals surface area contributed by atoms with Crippen LogP contribution in [0.3, 0.4) is 0 Å². The zero-order chi connectivity index (χ0) is 15.7. The molecule has 0 aliphatic rings. The molecule has 3 aromatic rings.